The Morgan fingerprint density at radius 2 is 0.422 bits per heavy atom. The number of carbonyl (C=O) groups excluding carboxylic acids is 3. The molecule has 0 unspecified atom stereocenters. The summed E-state index contributed by atoms with van der Waals surface area (Å²) in [6.07, 6.45) is 52.3. The van der Waals surface area contributed by atoms with Crippen LogP contribution in [0, 0.1) is 17.8 Å². The fourth-order valence-corrected chi connectivity index (χ4v) is 7.77. The van der Waals surface area contributed by atoms with Crippen molar-refractivity contribution in [3.63, 3.8) is 0 Å². The molecule has 0 aromatic heterocycles. The van der Waals surface area contributed by atoms with Gasteiger partial charge in [0.15, 0.2) is 0 Å². The van der Waals surface area contributed by atoms with Crippen LogP contribution in [-0.2, 0) is 34.8 Å². The second-order valence-corrected chi connectivity index (χ2v) is 21.2. The van der Waals surface area contributed by atoms with Crippen molar-refractivity contribution in [3.05, 3.63) is 0 Å². The summed E-state index contributed by atoms with van der Waals surface area (Å²) in [6, 6.07) is 0. The van der Waals surface area contributed by atoms with Crippen molar-refractivity contribution in [2.24, 2.45) is 17.8 Å². The molecule has 380 valence electrons. The first kappa shape index (κ1) is 69.7. The Hall–Kier alpha value is -0.876. The van der Waals surface area contributed by atoms with Gasteiger partial charge in [0.05, 0.1) is 0 Å². The van der Waals surface area contributed by atoms with Crippen molar-refractivity contribution < 1.29 is 50.1 Å². The molecule has 0 amide bonds. The van der Waals surface area contributed by atoms with Gasteiger partial charge in [-0.3, -0.25) is 0 Å². The van der Waals surface area contributed by atoms with Gasteiger partial charge < -0.3 is 29.7 Å². The second kappa shape index (κ2) is 62.1. The average Bonchev–Trinajstić information content (AvgIpc) is 3.24. The molecule has 0 atom stereocenters. The molecule has 0 aliphatic rings. The molecule has 0 bridgehead atoms. The maximum absolute atomic E-state index is 10.2. The van der Waals surface area contributed by atoms with Gasteiger partial charge in [-0.25, -0.2) is 0 Å². The zero-order valence-corrected chi connectivity index (χ0v) is 45.9. The molecule has 0 saturated heterocycles. The fraction of sp³-hybridized carbons (Fsp3) is 0.947. The van der Waals surface area contributed by atoms with Crippen LogP contribution < -0.4 is 15.3 Å². The van der Waals surface area contributed by atoms with Crippen molar-refractivity contribution in [1.82, 2.24) is 0 Å². The molecule has 6 nitrogen and oxygen atoms in total. The summed E-state index contributed by atoms with van der Waals surface area (Å²) in [5.74, 6) is -0.125. The van der Waals surface area contributed by atoms with Crippen molar-refractivity contribution >= 4 is 17.9 Å². The monoisotopic (exact) mass is 941 g/mol. The summed E-state index contributed by atoms with van der Waals surface area (Å²) in [5, 5.41) is 30.7. The van der Waals surface area contributed by atoms with Gasteiger partial charge in [-0.1, -0.05) is 273 Å². The first-order valence-electron chi connectivity index (χ1n) is 28.0. The molecule has 0 saturated carbocycles. The van der Waals surface area contributed by atoms with Crippen molar-refractivity contribution in [2.75, 3.05) is 0 Å². The summed E-state index contributed by atoms with van der Waals surface area (Å²) in [5.41, 5.74) is 0. The number of hydrogen-bond acceptors (Lipinski definition) is 6. The molecule has 7 heteroatoms. The molecule has 0 aromatic rings. The molecule has 0 radical (unpaired) electrons. The molecule has 0 aliphatic heterocycles. The molecular formula is C57H112O6Ti. The second-order valence-electron chi connectivity index (χ2n) is 20.4. The van der Waals surface area contributed by atoms with E-state index in [0.717, 1.165) is 56.3 Å². The van der Waals surface area contributed by atoms with E-state index in [9.17, 15) is 29.7 Å². The minimum atomic E-state index is -0.904. The van der Waals surface area contributed by atoms with Crippen molar-refractivity contribution in [3.8, 4) is 0 Å². The van der Waals surface area contributed by atoms with Crippen LogP contribution in [0.3, 0.4) is 0 Å². The molecule has 64 heavy (non-hydrogen) atoms. The van der Waals surface area contributed by atoms with E-state index in [1.165, 1.54) is 223 Å². The Morgan fingerprint density at radius 1 is 0.297 bits per heavy atom. The quantitative estimate of drug-likeness (QED) is 0.0443. The van der Waals surface area contributed by atoms with Crippen LogP contribution in [0.25, 0.3) is 0 Å². The molecule has 0 aliphatic carbocycles. The van der Waals surface area contributed by atoms with E-state index in [2.05, 4.69) is 68.9 Å². The fourth-order valence-electron chi connectivity index (χ4n) is 7.77. The van der Waals surface area contributed by atoms with Crippen LogP contribution in [0.15, 0.2) is 0 Å². The Morgan fingerprint density at radius 3 is 0.531 bits per heavy atom. The van der Waals surface area contributed by atoms with Gasteiger partial charge in [0, 0.05) is 17.9 Å². The zero-order chi connectivity index (χ0) is 48.6. The van der Waals surface area contributed by atoms with Gasteiger partial charge >= 0.3 is 38.5 Å². The summed E-state index contributed by atoms with van der Waals surface area (Å²) < 4.78 is 1.32. The standard InChI is InChI=1S/3C18H36O2.C3H7.Ti/c3*1-17(2)15-13-11-9-7-5-3-4-6-8-10-12-14-16-18(19)20;1-3-2;/h3*17H,3-16H2,1-2H3,(H,19,20);1,3H2,2H3;/q;;;;+3/p-3. The third-order valence-electron chi connectivity index (χ3n) is 12.0. The van der Waals surface area contributed by atoms with Crippen LogP contribution in [0.4, 0.5) is 0 Å². The SMILES string of the molecule is CC(C)CCCCCCCCCCCCCCC(=O)[O-].CC(C)CCCCCCCCCCCCCCC(=O)[O-].CC(C)CCCCCCCCCCCCCCC(=O)[O-].CC[CH2][Ti+3]. The molecule has 0 fully saturated rings. The van der Waals surface area contributed by atoms with Gasteiger partial charge in [0.2, 0.25) is 0 Å². The van der Waals surface area contributed by atoms with Gasteiger partial charge in [-0.05, 0) is 56.3 Å². The van der Waals surface area contributed by atoms with Gasteiger partial charge in [-0.2, -0.15) is 0 Å². The minimum absolute atomic E-state index is 0.233. The summed E-state index contributed by atoms with van der Waals surface area (Å²) in [7, 11) is 0. The van der Waals surface area contributed by atoms with Gasteiger partial charge in [-0.15, -0.1) is 0 Å². The number of hydrogen-bond donors (Lipinski definition) is 0. The van der Waals surface area contributed by atoms with Crippen molar-refractivity contribution in [1.29, 1.82) is 0 Å². The van der Waals surface area contributed by atoms with E-state index in [1.54, 1.807) is 0 Å². The number of aliphatic carboxylic acids is 3. The van der Waals surface area contributed by atoms with Gasteiger partial charge in [0.25, 0.3) is 0 Å². The van der Waals surface area contributed by atoms with E-state index >= 15 is 0 Å². The van der Waals surface area contributed by atoms with Crippen LogP contribution in [0.2, 0.25) is 4.73 Å². The number of rotatable bonds is 46. The third kappa shape index (κ3) is 84.5. The molecular weight excluding hydrogens is 828 g/mol. The van der Waals surface area contributed by atoms with Crippen molar-refractivity contribution in [2.45, 2.75) is 329 Å². The molecule has 0 heterocycles. The Labute approximate surface area is 413 Å². The Balaban J connectivity index is -0.000000404. The normalized spacial score (nSPS) is 10.9. The number of carboxylic acids is 3. The van der Waals surface area contributed by atoms with Crippen LogP contribution >= 0.6 is 0 Å². The maximum atomic E-state index is 10.2. The van der Waals surface area contributed by atoms with Crippen LogP contribution in [0.1, 0.15) is 325 Å². The first-order valence-corrected chi connectivity index (χ1v) is 29.1. The predicted octanol–water partition coefficient (Wildman–Crippen LogP) is 15.9. The first-order chi connectivity index (χ1) is 30.8. The number of carboxylic acid groups (broad SMARTS) is 3. The van der Waals surface area contributed by atoms with Crippen LogP contribution in [-0.4, -0.2) is 17.9 Å². The van der Waals surface area contributed by atoms with E-state index in [4.69, 9.17) is 0 Å². The summed E-state index contributed by atoms with van der Waals surface area (Å²) in [6.45, 7) is 16.0. The van der Waals surface area contributed by atoms with E-state index in [-0.39, 0.29) is 19.3 Å². The van der Waals surface area contributed by atoms with E-state index in [0.29, 0.717) is 0 Å². The van der Waals surface area contributed by atoms with E-state index in [1.807, 2.05) is 0 Å². The summed E-state index contributed by atoms with van der Waals surface area (Å²) in [4.78, 5) is 30.7. The molecule has 0 rings (SSSR count). The Bertz CT molecular complexity index is 780. The topological polar surface area (TPSA) is 120 Å². The third-order valence-corrected chi connectivity index (χ3v) is 12.8. The van der Waals surface area contributed by atoms with Crippen LogP contribution in [0.5, 0.6) is 0 Å². The average molecular weight is 941 g/mol. The molecule has 0 spiro atoms. The van der Waals surface area contributed by atoms with Gasteiger partial charge in [0.1, 0.15) is 0 Å². The number of carbonyl (C=O) groups is 3. The Kier molecular flexibility index (Phi) is 67.7. The zero-order valence-electron chi connectivity index (χ0n) is 44.3. The van der Waals surface area contributed by atoms with E-state index < -0.39 is 17.9 Å². The predicted molar refractivity (Wildman–Crippen MR) is 269 cm³/mol. The number of unbranched alkanes of at least 4 members (excludes halogenated alkanes) is 33. The molecule has 0 aromatic carbocycles. The summed E-state index contributed by atoms with van der Waals surface area (Å²) >= 11 is 2.18. The molecule has 0 N–H and O–H groups in total.